The van der Waals surface area contributed by atoms with Gasteiger partial charge in [-0.2, -0.15) is 0 Å². The van der Waals surface area contributed by atoms with Crippen molar-refractivity contribution in [1.82, 2.24) is 0 Å². The van der Waals surface area contributed by atoms with Crippen LogP contribution in [0, 0.1) is 0 Å². The highest BCUT2D eigenvalue weighted by atomic mass is 16.5. The van der Waals surface area contributed by atoms with Gasteiger partial charge in [-0.1, -0.05) is 0 Å². The van der Waals surface area contributed by atoms with Crippen LogP contribution in [-0.4, -0.2) is 37.4 Å². The Bertz CT molecular complexity index is 433. The molecule has 0 bridgehead atoms. The fourth-order valence-corrected chi connectivity index (χ4v) is 1.94. The van der Waals surface area contributed by atoms with E-state index in [1.165, 1.54) is 7.11 Å². The summed E-state index contributed by atoms with van der Waals surface area (Å²) in [6.07, 6.45) is 0.653. The molecule has 0 amide bonds. The molecule has 3 N–H and O–H groups in total. The van der Waals surface area contributed by atoms with Crippen LogP contribution in [0.25, 0.3) is 0 Å². The molecule has 0 aliphatic heterocycles. The lowest BCUT2D eigenvalue weighted by Crippen LogP contribution is -2.33. The smallest absolute Gasteiger partial charge is 0.337 e. The molecule has 1 aromatic rings. The van der Waals surface area contributed by atoms with Crippen LogP contribution in [0.15, 0.2) is 18.2 Å². The van der Waals surface area contributed by atoms with Crippen molar-refractivity contribution in [3.63, 3.8) is 0 Å². The molecule has 0 aromatic heterocycles. The van der Waals surface area contributed by atoms with Gasteiger partial charge < -0.3 is 20.5 Å². The lowest BCUT2D eigenvalue weighted by atomic mass is 10.1. The number of nitrogens with zero attached hydrogens (tertiary/aromatic N) is 1. The highest BCUT2D eigenvalue weighted by Crippen LogP contribution is 2.27. The predicted molar refractivity (Wildman–Crippen MR) is 76.4 cm³/mol. The molecule has 106 valence electrons. The molecule has 0 unspecified atom stereocenters. The quantitative estimate of drug-likeness (QED) is 0.605. The van der Waals surface area contributed by atoms with Gasteiger partial charge in [0, 0.05) is 19.2 Å². The number of benzene rings is 1. The molecule has 5 heteroatoms. The van der Waals surface area contributed by atoms with Gasteiger partial charge in [0.2, 0.25) is 0 Å². The van der Waals surface area contributed by atoms with Gasteiger partial charge in [-0.25, -0.2) is 4.79 Å². The summed E-state index contributed by atoms with van der Waals surface area (Å²) in [5.74, 6) is -0.382. The minimum absolute atomic E-state index is 0.125. The lowest BCUT2D eigenvalue weighted by Gasteiger charge is -2.30. The van der Waals surface area contributed by atoms with E-state index in [2.05, 4.69) is 4.90 Å². The van der Waals surface area contributed by atoms with Crippen LogP contribution in [0.4, 0.5) is 11.4 Å². The molecule has 0 radical (unpaired) electrons. The van der Waals surface area contributed by atoms with E-state index in [0.29, 0.717) is 24.2 Å². The number of carbonyl (C=O) groups excluding carboxylic acids is 1. The Morgan fingerprint density at radius 1 is 1.47 bits per heavy atom. The topological polar surface area (TPSA) is 75.8 Å². The maximum Gasteiger partial charge on any atom is 0.337 e. The van der Waals surface area contributed by atoms with Crippen LogP contribution in [0.1, 0.15) is 30.6 Å². The highest BCUT2D eigenvalue weighted by molar-refractivity contribution is 5.92. The van der Waals surface area contributed by atoms with Crippen molar-refractivity contribution in [3.8, 4) is 0 Å². The maximum atomic E-state index is 11.6. The van der Waals surface area contributed by atoms with E-state index in [4.69, 9.17) is 15.6 Å². The van der Waals surface area contributed by atoms with Crippen LogP contribution < -0.4 is 10.6 Å². The lowest BCUT2D eigenvalue weighted by molar-refractivity contribution is 0.0601. The van der Waals surface area contributed by atoms with Crippen LogP contribution in [0.2, 0.25) is 0 Å². The second-order valence-electron chi connectivity index (χ2n) is 4.63. The summed E-state index contributed by atoms with van der Waals surface area (Å²) >= 11 is 0. The van der Waals surface area contributed by atoms with Crippen molar-refractivity contribution in [1.29, 1.82) is 0 Å². The first-order chi connectivity index (χ1) is 9.01. The molecule has 0 aliphatic carbocycles. The van der Waals surface area contributed by atoms with Gasteiger partial charge in [0.05, 0.1) is 24.0 Å². The molecule has 1 rings (SSSR count). The fraction of sp³-hybridized carbons (Fsp3) is 0.500. The Labute approximate surface area is 114 Å². The molecular weight excluding hydrogens is 244 g/mol. The molecule has 0 atom stereocenters. The second kappa shape index (κ2) is 6.99. The Kier molecular flexibility index (Phi) is 5.63. The van der Waals surface area contributed by atoms with E-state index < -0.39 is 0 Å². The minimum Gasteiger partial charge on any atom is -0.465 e. The molecule has 0 heterocycles. The van der Waals surface area contributed by atoms with Gasteiger partial charge in [-0.05, 0) is 38.5 Å². The van der Waals surface area contributed by atoms with Gasteiger partial charge in [0.25, 0.3) is 0 Å². The van der Waals surface area contributed by atoms with E-state index in [0.717, 1.165) is 5.69 Å². The number of nitrogens with two attached hydrogens (primary N) is 1. The van der Waals surface area contributed by atoms with Crippen LogP contribution in [-0.2, 0) is 4.74 Å². The predicted octanol–water partition coefficient (Wildman–Crippen LogP) is 1.65. The van der Waals surface area contributed by atoms with Crippen LogP contribution >= 0.6 is 0 Å². The third kappa shape index (κ3) is 3.86. The van der Waals surface area contributed by atoms with E-state index in [1.54, 1.807) is 18.2 Å². The van der Waals surface area contributed by atoms with Gasteiger partial charge in [-0.3, -0.25) is 0 Å². The number of hydrogen-bond donors (Lipinski definition) is 2. The zero-order valence-corrected chi connectivity index (χ0v) is 11.7. The van der Waals surface area contributed by atoms with E-state index in [-0.39, 0.29) is 18.6 Å². The summed E-state index contributed by atoms with van der Waals surface area (Å²) in [6, 6.07) is 5.31. The number of aliphatic hydroxyl groups is 1. The SMILES string of the molecule is COC(=O)c1ccc(N)c(N(CCCO)C(C)C)c1. The molecule has 0 spiro atoms. The van der Waals surface area contributed by atoms with Crippen molar-refractivity contribution in [3.05, 3.63) is 23.8 Å². The first-order valence-corrected chi connectivity index (χ1v) is 6.36. The number of esters is 1. The van der Waals surface area contributed by atoms with Crippen LogP contribution in [0.3, 0.4) is 0 Å². The Balaban J connectivity index is 3.10. The summed E-state index contributed by atoms with van der Waals surface area (Å²) in [6.45, 7) is 4.89. The molecule has 0 saturated carbocycles. The largest absolute Gasteiger partial charge is 0.465 e. The average Bonchev–Trinajstić information content (AvgIpc) is 2.39. The minimum atomic E-state index is -0.382. The summed E-state index contributed by atoms with van der Waals surface area (Å²) in [5.41, 5.74) is 7.87. The van der Waals surface area contributed by atoms with Crippen molar-refractivity contribution in [2.45, 2.75) is 26.3 Å². The number of carbonyl (C=O) groups is 1. The normalized spacial score (nSPS) is 10.6. The third-order valence-electron chi connectivity index (χ3n) is 2.94. The van der Waals surface area contributed by atoms with E-state index >= 15 is 0 Å². The van der Waals surface area contributed by atoms with Gasteiger partial charge >= 0.3 is 5.97 Å². The zero-order valence-electron chi connectivity index (χ0n) is 11.7. The average molecular weight is 266 g/mol. The standard InChI is InChI=1S/C14H22N2O3/c1-10(2)16(7-4-8-17)13-9-11(14(18)19-3)5-6-12(13)15/h5-6,9-10,17H,4,7-8,15H2,1-3H3. The van der Waals surface area contributed by atoms with Gasteiger partial charge in [-0.15, -0.1) is 0 Å². The van der Waals surface area contributed by atoms with Gasteiger partial charge in [0.15, 0.2) is 0 Å². The number of methoxy groups -OCH3 is 1. The first-order valence-electron chi connectivity index (χ1n) is 6.36. The Hall–Kier alpha value is -1.75. The van der Waals surface area contributed by atoms with E-state index in [9.17, 15) is 4.79 Å². The number of hydrogen-bond acceptors (Lipinski definition) is 5. The number of nitrogen functional groups attached to an aromatic ring is 1. The molecule has 0 fully saturated rings. The fourth-order valence-electron chi connectivity index (χ4n) is 1.94. The summed E-state index contributed by atoms with van der Waals surface area (Å²) in [7, 11) is 1.35. The highest BCUT2D eigenvalue weighted by Gasteiger charge is 2.16. The summed E-state index contributed by atoms with van der Waals surface area (Å²) < 4.78 is 4.71. The number of ether oxygens (including phenoxy) is 1. The second-order valence-corrected chi connectivity index (χ2v) is 4.63. The zero-order chi connectivity index (χ0) is 14.4. The number of rotatable bonds is 6. The molecule has 0 aliphatic rings. The van der Waals surface area contributed by atoms with Crippen molar-refractivity contribution in [2.75, 3.05) is 30.9 Å². The first kappa shape index (κ1) is 15.3. The molecule has 19 heavy (non-hydrogen) atoms. The molecule has 1 aromatic carbocycles. The van der Waals surface area contributed by atoms with E-state index in [1.807, 2.05) is 13.8 Å². The van der Waals surface area contributed by atoms with Crippen molar-refractivity contribution < 1.29 is 14.6 Å². The Morgan fingerprint density at radius 3 is 2.68 bits per heavy atom. The van der Waals surface area contributed by atoms with Crippen LogP contribution in [0.5, 0.6) is 0 Å². The molecular formula is C14H22N2O3. The van der Waals surface area contributed by atoms with Crippen molar-refractivity contribution in [2.24, 2.45) is 0 Å². The van der Waals surface area contributed by atoms with Crippen molar-refractivity contribution >= 4 is 17.3 Å². The summed E-state index contributed by atoms with van der Waals surface area (Å²) in [5, 5.41) is 8.96. The molecule has 5 nitrogen and oxygen atoms in total. The number of anilines is 2. The Morgan fingerprint density at radius 2 is 2.16 bits per heavy atom. The number of aliphatic hydroxyl groups excluding tert-OH is 1. The monoisotopic (exact) mass is 266 g/mol. The summed E-state index contributed by atoms with van der Waals surface area (Å²) in [4.78, 5) is 13.6. The maximum absolute atomic E-state index is 11.6. The van der Waals surface area contributed by atoms with Gasteiger partial charge in [0.1, 0.15) is 0 Å². The molecule has 0 saturated heterocycles. The third-order valence-corrected chi connectivity index (χ3v) is 2.94.